The van der Waals surface area contributed by atoms with Crippen LogP contribution in [0.4, 0.5) is 4.79 Å². The average molecular weight is 187 g/mol. The molecule has 2 atom stereocenters. The first-order chi connectivity index (χ1) is 6.19. The molecule has 2 unspecified atom stereocenters. The van der Waals surface area contributed by atoms with Gasteiger partial charge < -0.3 is 14.7 Å². The second kappa shape index (κ2) is 4.46. The Kier molecular flexibility index (Phi) is 3.54. The molecule has 13 heavy (non-hydrogen) atoms. The van der Waals surface area contributed by atoms with Gasteiger partial charge in [0.1, 0.15) is 0 Å². The molecule has 0 aromatic heterocycles. The van der Waals surface area contributed by atoms with Gasteiger partial charge in [0, 0.05) is 18.5 Å². The van der Waals surface area contributed by atoms with Crippen molar-refractivity contribution in [2.45, 2.75) is 26.3 Å². The third kappa shape index (κ3) is 2.34. The molecule has 1 saturated heterocycles. The van der Waals surface area contributed by atoms with Gasteiger partial charge in [-0.3, -0.25) is 0 Å². The summed E-state index contributed by atoms with van der Waals surface area (Å²) < 4.78 is 4.94. The molecular weight excluding hydrogens is 170 g/mol. The van der Waals surface area contributed by atoms with Crippen molar-refractivity contribution in [1.82, 2.24) is 4.90 Å². The molecule has 1 heterocycles. The molecule has 1 N–H and O–H groups in total. The number of hydrogen-bond acceptors (Lipinski definition) is 3. The van der Waals surface area contributed by atoms with Crippen molar-refractivity contribution < 1.29 is 14.6 Å². The molecule has 76 valence electrons. The van der Waals surface area contributed by atoms with Crippen molar-refractivity contribution in [3.63, 3.8) is 0 Å². The summed E-state index contributed by atoms with van der Waals surface area (Å²) in [6.07, 6.45) is 0.659. The molecule has 4 heteroatoms. The van der Waals surface area contributed by atoms with E-state index in [9.17, 15) is 4.79 Å². The summed E-state index contributed by atoms with van der Waals surface area (Å²) in [5.74, 6) is 0.0756. The predicted molar refractivity (Wildman–Crippen MR) is 48.4 cm³/mol. The lowest BCUT2D eigenvalue weighted by Gasteiger charge is -2.35. The number of nitrogens with zero attached hydrogens (tertiary/aromatic N) is 1. The maximum absolute atomic E-state index is 11.3. The van der Waals surface area contributed by atoms with Crippen LogP contribution in [0.1, 0.15) is 20.3 Å². The summed E-state index contributed by atoms with van der Waals surface area (Å²) in [5.41, 5.74) is 0. The van der Waals surface area contributed by atoms with Crippen LogP contribution in [0.3, 0.4) is 0 Å². The van der Waals surface area contributed by atoms with E-state index in [1.165, 1.54) is 0 Å². The monoisotopic (exact) mass is 187 g/mol. The van der Waals surface area contributed by atoms with Crippen LogP contribution in [0.15, 0.2) is 0 Å². The van der Waals surface area contributed by atoms with Crippen LogP contribution < -0.4 is 0 Å². The Morgan fingerprint density at radius 3 is 3.00 bits per heavy atom. The highest BCUT2D eigenvalue weighted by atomic mass is 16.6. The van der Waals surface area contributed by atoms with Crippen LogP contribution >= 0.6 is 0 Å². The lowest BCUT2D eigenvalue weighted by Crippen LogP contribution is -2.48. The first-order valence-corrected chi connectivity index (χ1v) is 4.73. The summed E-state index contributed by atoms with van der Waals surface area (Å²) in [4.78, 5) is 13.0. The molecule has 0 aliphatic carbocycles. The normalized spacial score (nSPS) is 25.6. The minimum Gasteiger partial charge on any atom is -0.449 e. The van der Waals surface area contributed by atoms with Gasteiger partial charge in [-0.15, -0.1) is 0 Å². The van der Waals surface area contributed by atoms with Crippen molar-refractivity contribution in [3.8, 4) is 0 Å². The summed E-state index contributed by atoms with van der Waals surface area (Å²) >= 11 is 0. The van der Waals surface area contributed by atoms with Crippen molar-refractivity contribution >= 4 is 6.09 Å². The quantitative estimate of drug-likeness (QED) is 0.712. The Morgan fingerprint density at radius 1 is 1.77 bits per heavy atom. The van der Waals surface area contributed by atoms with Gasteiger partial charge in [0.05, 0.1) is 13.2 Å². The fourth-order valence-electron chi connectivity index (χ4n) is 1.37. The standard InChI is InChI=1S/C9H17NO3/c1-3-7(2)10-4-8(5-11)6-13-9(10)12/h7-8,11H,3-6H2,1-2H3. The van der Waals surface area contributed by atoms with E-state index in [0.717, 1.165) is 6.42 Å². The summed E-state index contributed by atoms with van der Waals surface area (Å²) in [7, 11) is 0. The van der Waals surface area contributed by atoms with Gasteiger partial charge in [0.25, 0.3) is 0 Å². The van der Waals surface area contributed by atoms with Crippen molar-refractivity contribution in [3.05, 3.63) is 0 Å². The van der Waals surface area contributed by atoms with Crippen LogP contribution in [-0.2, 0) is 4.74 Å². The minimum absolute atomic E-state index is 0.0756. The Labute approximate surface area is 78.5 Å². The molecule has 1 rings (SSSR count). The summed E-state index contributed by atoms with van der Waals surface area (Å²) in [6.45, 7) is 5.06. The van der Waals surface area contributed by atoms with Crippen molar-refractivity contribution in [2.24, 2.45) is 5.92 Å². The van der Waals surface area contributed by atoms with Crippen LogP contribution in [0.5, 0.6) is 0 Å². The van der Waals surface area contributed by atoms with E-state index < -0.39 is 0 Å². The number of ether oxygens (including phenoxy) is 1. The maximum atomic E-state index is 11.3. The molecule has 0 radical (unpaired) electrons. The maximum Gasteiger partial charge on any atom is 0.410 e. The number of carbonyl (C=O) groups excluding carboxylic acids is 1. The molecule has 1 aliphatic heterocycles. The fourth-order valence-corrected chi connectivity index (χ4v) is 1.37. The molecule has 4 nitrogen and oxygen atoms in total. The second-order valence-electron chi connectivity index (χ2n) is 3.54. The molecule has 0 aromatic rings. The predicted octanol–water partition coefficient (Wildman–Crippen LogP) is 0.846. The molecular formula is C9H17NO3. The Morgan fingerprint density at radius 2 is 2.46 bits per heavy atom. The third-order valence-electron chi connectivity index (χ3n) is 2.51. The smallest absolute Gasteiger partial charge is 0.410 e. The van der Waals surface area contributed by atoms with E-state index in [2.05, 4.69) is 0 Å². The van der Waals surface area contributed by atoms with Crippen LogP contribution in [-0.4, -0.2) is 41.9 Å². The van der Waals surface area contributed by atoms with Gasteiger partial charge in [-0.25, -0.2) is 4.79 Å². The molecule has 1 amide bonds. The summed E-state index contributed by atoms with van der Waals surface area (Å²) in [5, 5.41) is 8.93. The molecule has 1 fully saturated rings. The molecule has 0 bridgehead atoms. The van der Waals surface area contributed by atoms with E-state index in [1.807, 2.05) is 13.8 Å². The number of carbonyl (C=O) groups is 1. The third-order valence-corrected chi connectivity index (χ3v) is 2.51. The number of amides is 1. The average Bonchev–Trinajstić information content (AvgIpc) is 2.17. The number of hydrogen-bond donors (Lipinski definition) is 1. The zero-order valence-corrected chi connectivity index (χ0v) is 8.19. The number of cyclic esters (lactones) is 1. The highest BCUT2D eigenvalue weighted by molar-refractivity contribution is 5.68. The van der Waals surface area contributed by atoms with Gasteiger partial charge in [-0.1, -0.05) is 6.92 Å². The van der Waals surface area contributed by atoms with Gasteiger partial charge >= 0.3 is 6.09 Å². The van der Waals surface area contributed by atoms with E-state index in [1.54, 1.807) is 4.90 Å². The largest absolute Gasteiger partial charge is 0.449 e. The van der Waals surface area contributed by atoms with Crippen LogP contribution in [0.2, 0.25) is 0 Å². The second-order valence-corrected chi connectivity index (χ2v) is 3.54. The van der Waals surface area contributed by atoms with Crippen LogP contribution in [0, 0.1) is 5.92 Å². The summed E-state index contributed by atoms with van der Waals surface area (Å²) in [6, 6.07) is 0.196. The molecule has 1 aliphatic rings. The highest BCUT2D eigenvalue weighted by Gasteiger charge is 2.29. The van der Waals surface area contributed by atoms with E-state index >= 15 is 0 Å². The molecule has 0 spiro atoms. The molecule has 0 saturated carbocycles. The zero-order chi connectivity index (χ0) is 9.84. The molecule has 0 aromatic carbocycles. The van der Waals surface area contributed by atoms with Gasteiger partial charge in [-0.05, 0) is 13.3 Å². The zero-order valence-electron chi connectivity index (χ0n) is 8.19. The number of rotatable bonds is 3. The van der Waals surface area contributed by atoms with Gasteiger partial charge in [-0.2, -0.15) is 0 Å². The fraction of sp³-hybridized carbons (Fsp3) is 0.889. The SMILES string of the molecule is CCC(C)N1CC(CO)COC1=O. The minimum atomic E-state index is -0.251. The van der Waals surface area contributed by atoms with Gasteiger partial charge in [0.2, 0.25) is 0 Å². The first-order valence-electron chi connectivity index (χ1n) is 4.73. The Balaban J connectivity index is 2.54. The Hall–Kier alpha value is -0.770. The lowest BCUT2D eigenvalue weighted by atomic mass is 10.1. The van der Waals surface area contributed by atoms with Crippen molar-refractivity contribution in [1.29, 1.82) is 0 Å². The van der Waals surface area contributed by atoms with Crippen molar-refractivity contribution in [2.75, 3.05) is 19.8 Å². The topological polar surface area (TPSA) is 49.8 Å². The number of aliphatic hydroxyl groups is 1. The number of aliphatic hydroxyl groups excluding tert-OH is 1. The lowest BCUT2D eigenvalue weighted by molar-refractivity contribution is 0.0119. The highest BCUT2D eigenvalue weighted by Crippen LogP contribution is 2.15. The van der Waals surface area contributed by atoms with E-state index in [0.29, 0.717) is 13.2 Å². The van der Waals surface area contributed by atoms with E-state index in [4.69, 9.17) is 9.84 Å². The first kappa shape index (κ1) is 10.3. The Bertz CT molecular complexity index is 184. The van der Waals surface area contributed by atoms with Gasteiger partial charge in [0.15, 0.2) is 0 Å². The van der Waals surface area contributed by atoms with Crippen LogP contribution in [0.25, 0.3) is 0 Å². The van der Waals surface area contributed by atoms with E-state index in [-0.39, 0.29) is 24.7 Å².